The second-order valence-corrected chi connectivity index (χ2v) is 5.18. The van der Waals surface area contributed by atoms with Crippen LogP contribution in [-0.2, 0) is 6.54 Å². The number of aromatic amines is 1. The van der Waals surface area contributed by atoms with Crippen LogP contribution >= 0.6 is 12.2 Å². The fourth-order valence-electron chi connectivity index (χ4n) is 2.30. The van der Waals surface area contributed by atoms with Gasteiger partial charge in [0.1, 0.15) is 0 Å². The first-order valence-corrected chi connectivity index (χ1v) is 5.88. The first-order chi connectivity index (χ1) is 7.05. The molecule has 0 bridgehead atoms. The van der Waals surface area contributed by atoms with Crippen molar-refractivity contribution >= 4 is 12.2 Å². The molecule has 0 radical (unpaired) electrons. The van der Waals surface area contributed by atoms with Crippen LogP contribution in [0.1, 0.15) is 25.0 Å². The zero-order valence-corrected chi connectivity index (χ0v) is 10.5. The molecule has 0 unspecified atom stereocenters. The van der Waals surface area contributed by atoms with Crippen molar-refractivity contribution < 1.29 is 0 Å². The average molecular weight is 225 g/mol. The quantitative estimate of drug-likeness (QED) is 0.798. The Morgan fingerprint density at radius 1 is 1.53 bits per heavy atom. The number of hydrogen-bond acceptors (Lipinski definition) is 2. The van der Waals surface area contributed by atoms with Crippen LogP contribution in [0.2, 0.25) is 0 Å². The van der Waals surface area contributed by atoms with Gasteiger partial charge in [-0.05, 0) is 52.5 Å². The topological polar surface area (TPSA) is 24.0 Å². The minimum absolute atomic E-state index is 0.338. The summed E-state index contributed by atoms with van der Waals surface area (Å²) in [6.45, 7) is 3.13. The van der Waals surface area contributed by atoms with E-state index in [1.165, 1.54) is 25.0 Å². The summed E-state index contributed by atoms with van der Waals surface area (Å²) in [6.07, 6.45) is 5.90. The Balaban J connectivity index is 2.24. The minimum Gasteiger partial charge on any atom is -0.337 e. The second kappa shape index (κ2) is 3.76. The summed E-state index contributed by atoms with van der Waals surface area (Å²) in [7, 11) is 4.34. The lowest BCUT2D eigenvalue weighted by atomic mass is 9.75. The summed E-state index contributed by atoms with van der Waals surface area (Å²) in [5.41, 5.74) is 1.57. The Kier molecular flexibility index (Phi) is 2.73. The Labute approximate surface area is 96.1 Å². The van der Waals surface area contributed by atoms with E-state index in [0.717, 1.165) is 11.3 Å². The summed E-state index contributed by atoms with van der Waals surface area (Å²) in [5, 5.41) is 0. The fourth-order valence-corrected chi connectivity index (χ4v) is 2.57. The molecule has 1 N–H and O–H groups in total. The highest BCUT2D eigenvalue weighted by Crippen LogP contribution is 2.37. The Morgan fingerprint density at radius 2 is 2.20 bits per heavy atom. The van der Waals surface area contributed by atoms with Gasteiger partial charge >= 0.3 is 0 Å². The van der Waals surface area contributed by atoms with Gasteiger partial charge in [0.25, 0.3) is 0 Å². The maximum Gasteiger partial charge on any atom is 0.177 e. The molecule has 0 aromatic carbocycles. The number of imidazole rings is 1. The van der Waals surface area contributed by atoms with Crippen LogP contribution in [0.3, 0.4) is 0 Å². The summed E-state index contributed by atoms with van der Waals surface area (Å²) in [4.78, 5) is 5.46. The zero-order chi connectivity index (χ0) is 11.1. The van der Waals surface area contributed by atoms with Gasteiger partial charge in [0.2, 0.25) is 0 Å². The van der Waals surface area contributed by atoms with Crippen LogP contribution in [0.15, 0.2) is 6.20 Å². The monoisotopic (exact) mass is 225 g/mol. The summed E-state index contributed by atoms with van der Waals surface area (Å²) in [5.74, 6) is 0. The zero-order valence-electron chi connectivity index (χ0n) is 9.71. The Morgan fingerprint density at radius 3 is 2.53 bits per heavy atom. The van der Waals surface area contributed by atoms with Crippen LogP contribution in [0.25, 0.3) is 0 Å². The van der Waals surface area contributed by atoms with Crippen LogP contribution in [-0.4, -0.2) is 34.1 Å². The third kappa shape index (κ3) is 1.76. The molecule has 4 heteroatoms. The predicted molar refractivity (Wildman–Crippen MR) is 64.6 cm³/mol. The molecule has 0 spiro atoms. The second-order valence-electron chi connectivity index (χ2n) is 4.79. The molecule has 2 rings (SSSR count). The van der Waals surface area contributed by atoms with Gasteiger partial charge in [-0.2, -0.15) is 0 Å². The molecule has 0 saturated heterocycles. The predicted octanol–water partition coefficient (Wildman–Crippen LogP) is 2.34. The molecule has 0 atom stereocenters. The standard InChI is InChI=1S/C11H19N3S/c1-9-7-12-10(15)14(9)8-11(13(2)3)5-4-6-11/h7H,4-6,8H2,1-3H3,(H,12,15). The maximum absolute atomic E-state index is 5.29. The highest BCUT2D eigenvalue weighted by molar-refractivity contribution is 7.71. The van der Waals surface area contributed by atoms with Crippen LogP contribution in [0, 0.1) is 11.7 Å². The molecule has 1 aliphatic carbocycles. The van der Waals surface area contributed by atoms with Crippen LogP contribution in [0.4, 0.5) is 0 Å². The number of H-pyrrole nitrogens is 1. The normalized spacial score (nSPS) is 19.2. The van der Waals surface area contributed by atoms with Gasteiger partial charge < -0.3 is 14.5 Å². The fraction of sp³-hybridized carbons (Fsp3) is 0.727. The van der Waals surface area contributed by atoms with Gasteiger partial charge in [0.05, 0.1) is 0 Å². The van der Waals surface area contributed by atoms with E-state index in [4.69, 9.17) is 12.2 Å². The van der Waals surface area contributed by atoms with E-state index in [1.54, 1.807) is 0 Å². The molecule has 1 aromatic rings. The molecule has 1 saturated carbocycles. The highest BCUT2D eigenvalue weighted by atomic mass is 32.1. The van der Waals surface area contributed by atoms with Gasteiger partial charge in [0.15, 0.2) is 4.77 Å². The number of aryl methyl sites for hydroxylation is 1. The number of rotatable bonds is 3. The number of nitrogens with one attached hydrogen (secondary N) is 1. The summed E-state index contributed by atoms with van der Waals surface area (Å²) in [6, 6.07) is 0. The number of likely N-dealkylation sites (N-methyl/N-ethyl adjacent to an activating group) is 1. The largest absolute Gasteiger partial charge is 0.337 e. The summed E-state index contributed by atoms with van der Waals surface area (Å²) >= 11 is 5.29. The molecule has 1 heterocycles. The lowest BCUT2D eigenvalue weighted by Gasteiger charge is -2.47. The lowest BCUT2D eigenvalue weighted by molar-refractivity contribution is 0.0415. The smallest absolute Gasteiger partial charge is 0.177 e. The molecule has 15 heavy (non-hydrogen) atoms. The highest BCUT2D eigenvalue weighted by Gasteiger charge is 2.39. The lowest BCUT2D eigenvalue weighted by Crippen LogP contribution is -2.53. The number of aromatic nitrogens is 2. The van der Waals surface area contributed by atoms with Crippen molar-refractivity contribution in [3.63, 3.8) is 0 Å². The van der Waals surface area contributed by atoms with Crippen molar-refractivity contribution in [3.8, 4) is 0 Å². The van der Waals surface area contributed by atoms with Crippen LogP contribution in [0.5, 0.6) is 0 Å². The maximum atomic E-state index is 5.29. The van der Waals surface area contributed by atoms with Crippen molar-refractivity contribution in [1.29, 1.82) is 0 Å². The average Bonchev–Trinajstić information content (AvgIpc) is 2.40. The molecule has 1 aliphatic rings. The van der Waals surface area contributed by atoms with Gasteiger partial charge in [0, 0.05) is 24.0 Å². The third-order valence-corrected chi connectivity index (χ3v) is 4.10. The number of nitrogens with zero attached hydrogens (tertiary/aromatic N) is 2. The molecule has 3 nitrogen and oxygen atoms in total. The molecular formula is C11H19N3S. The minimum atomic E-state index is 0.338. The van der Waals surface area contributed by atoms with Crippen LogP contribution < -0.4 is 0 Å². The van der Waals surface area contributed by atoms with Crippen molar-refractivity contribution in [1.82, 2.24) is 14.5 Å². The van der Waals surface area contributed by atoms with Gasteiger partial charge in [-0.3, -0.25) is 0 Å². The van der Waals surface area contributed by atoms with E-state index in [1.807, 2.05) is 6.20 Å². The SMILES string of the molecule is Cc1c[nH]c(=S)n1CC1(N(C)C)CCC1. The molecule has 0 amide bonds. The van der Waals surface area contributed by atoms with Crippen molar-refractivity contribution in [2.45, 2.75) is 38.3 Å². The molecule has 0 aliphatic heterocycles. The van der Waals surface area contributed by atoms with E-state index in [-0.39, 0.29) is 0 Å². The van der Waals surface area contributed by atoms with Crippen molar-refractivity contribution in [2.75, 3.05) is 14.1 Å². The molecule has 84 valence electrons. The molecule has 1 aromatic heterocycles. The summed E-state index contributed by atoms with van der Waals surface area (Å²) < 4.78 is 3.06. The van der Waals surface area contributed by atoms with E-state index in [2.05, 4.69) is 35.5 Å². The Bertz CT molecular complexity index is 398. The Hall–Kier alpha value is -0.610. The molecule has 1 fully saturated rings. The van der Waals surface area contributed by atoms with Gasteiger partial charge in [-0.1, -0.05) is 0 Å². The van der Waals surface area contributed by atoms with Crippen molar-refractivity contribution in [2.24, 2.45) is 0 Å². The first-order valence-electron chi connectivity index (χ1n) is 5.47. The number of hydrogen-bond donors (Lipinski definition) is 1. The van der Waals surface area contributed by atoms with Crippen molar-refractivity contribution in [3.05, 3.63) is 16.7 Å². The van der Waals surface area contributed by atoms with Gasteiger partial charge in [-0.15, -0.1) is 0 Å². The third-order valence-electron chi connectivity index (χ3n) is 3.76. The van der Waals surface area contributed by atoms with E-state index in [0.29, 0.717) is 5.54 Å². The van der Waals surface area contributed by atoms with Gasteiger partial charge in [-0.25, -0.2) is 0 Å². The first kappa shape index (κ1) is 10.9. The molecular weight excluding hydrogens is 206 g/mol. The van der Waals surface area contributed by atoms with E-state index < -0.39 is 0 Å². The van der Waals surface area contributed by atoms with E-state index >= 15 is 0 Å². The van der Waals surface area contributed by atoms with E-state index in [9.17, 15) is 0 Å².